The van der Waals surface area contributed by atoms with Crippen LogP contribution in [0.25, 0.3) is 0 Å². The summed E-state index contributed by atoms with van der Waals surface area (Å²) < 4.78 is 37.4. The van der Waals surface area contributed by atoms with Gasteiger partial charge in [0.15, 0.2) is 16.8 Å². The second-order valence-electron chi connectivity index (χ2n) is 7.41. The van der Waals surface area contributed by atoms with Crippen molar-refractivity contribution in [1.29, 1.82) is 5.41 Å². The van der Waals surface area contributed by atoms with Gasteiger partial charge in [0.05, 0.1) is 12.6 Å². The number of carbonyl (C=O) groups is 2. The maximum atomic E-state index is 12.8. The summed E-state index contributed by atoms with van der Waals surface area (Å²) in [5.41, 5.74) is 11.4. The molecule has 2 unspecified atom stereocenters. The first-order chi connectivity index (χ1) is 17.0. The molecule has 3 rings (SSSR count). The Bertz CT molecular complexity index is 1260. The van der Waals surface area contributed by atoms with Crippen molar-refractivity contribution >= 4 is 55.9 Å². The first-order valence-electron chi connectivity index (χ1n) is 10.3. The molecule has 2 atom stereocenters. The molecule has 1 aromatic carbocycles. The van der Waals surface area contributed by atoms with Crippen LogP contribution in [0.2, 0.25) is 0 Å². The van der Waals surface area contributed by atoms with E-state index in [1.165, 1.54) is 12.3 Å². The van der Waals surface area contributed by atoms with Crippen LogP contribution in [0.3, 0.4) is 0 Å². The van der Waals surface area contributed by atoms with E-state index in [9.17, 15) is 18.0 Å². The van der Waals surface area contributed by atoms with Gasteiger partial charge in [0.25, 0.3) is 11.8 Å². The first-order valence-corrected chi connectivity index (χ1v) is 12.6. The molecule has 1 aliphatic rings. The molecule has 1 saturated heterocycles. The molecule has 0 radical (unpaired) electrons. The number of nitrogen functional groups attached to an aromatic ring is 1. The minimum atomic E-state index is -4.73. The van der Waals surface area contributed by atoms with E-state index >= 15 is 0 Å². The lowest BCUT2D eigenvalue weighted by molar-refractivity contribution is -0.143. The van der Waals surface area contributed by atoms with Crippen LogP contribution in [0.5, 0.6) is 5.75 Å². The molecule has 2 aromatic rings. The highest BCUT2D eigenvalue weighted by atomic mass is 32.2. The number of anilines is 2. The van der Waals surface area contributed by atoms with Crippen molar-refractivity contribution in [2.75, 3.05) is 24.3 Å². The molecule has 0 bridgehead atoms. The van der Waals surface area contributed by atoms with Crippen molar-refractivity contribution < 1.29 is 32.1 Å². The van der Waals surface area contributed by atoms with Gasteiger partial charge in [-0.05, 0) is 31.2 Å². The largest absolute Gasteiger partial charge is 0.493 e. The Labute approximate surface area is 209 Å². The van der Waals surface area contributed by atoms with Gasteiger partial charge in [-0.25, -0.2) is 9.29 Å². The molecule has 194 valence electrons. The number of thiazole rings is 1. The van der Waals surface area contributed by atoms with Gasteiger partial charge in [-0.2, -0.15) is 8.42 Å². The molecule has 0 aliphatic carbocycles. The topological polar surface area (TPSA) is 235 Å². The third kappa shape index (κ3) is 6.58. The maximum Gasteiger partial charge on any atom is 0.362 e. The molecule has 2 amide bonds. The third-order valence-electron chi connectivity index (χ3n) is 4.79. The standard InChI is InChI=1S/C19H24N8O7S2/c1-10-14(17(29)27(10)36(30,31)32)25-16(28)15(13-9-35-19(22)24-13)26-34-8-2-7-33-12-5-3-11(4-6-12)23-18(20)21/h3-6,9-10,14H,2,7-8H2,1H3,(H2,22,24)(H,25,28)(H4,20,21,23)(H,30,31,32). The summed E-state index contributed by atoms with van der Waals surface area (Å²) in [6, 6.07) is 4.61. The van der Waals surface area contributed by atoms with E-state index < -0.39 is 34.2 Å². The summed E-state index contributed by atoms with van der Waals surface area (Å²) in [4.78, 5) is 34.1. The van der Waals surface area contributed by atoms with Crippen LogP contribution in [0.4, 0.5) is 10.8 Å². The fourth-order valence-electron chi connectivity index (χ4n) is 3.13. The number of nitrogens with one attached hydrogen (secondary N) is 3. The lowest BCUT2D eigenvalue weighted by atomic mass is 10.0. The van der Waals surface area contributed by atoms with Gasteiger partial charge in [-0.3, -0.25) is 19.6 Å². The number of aromatic nitrogens is 1. The SMILES string of the molecule is CC1C(NC(=O)C(=NOCCCOc2ccc(NC(=N)N)cc2)c2csc(N)n2)C(=O)N1S(=O)(=O)O. The van der Waals surface area contributed by atoms with Gasteiger partial charge in [0, 0.05) is 17.5 Å². The first kappa shape index (κ1) is 26.6. The van der Waals surface area contributed by atoms with E-state index in [0.29, 0.717) is 17.9 Å². The fraction of sp³-hybridized carbons (Fsp3) is 0.316. The van der Waals surface area contributed by atoms with Crippen molar-refractivity contribution in [3.8, 4) is 5.75 Å². The highest BCUT2D eigenvalue weighted by Gasteiger charge is 2.51. The smallest absolute Gasteiger partial charge is 0.362 e. The Kier molecular flexibility index (Phi) is 8.28. The highest BCUT2D eigenvalue weighted by molar-refractivity contribution is 7.84. The normalized spacial score (nSPS) is 17.8. The predicted molar refractivity (Wildman–Crippen MR) is 131 cm³/mol. The Balaban J connectivity index is 1.54. The summed E-state index contributed by atoms with van der Waals surface area (Å²) in [5.74, 6) is -1.41. The summed E-state index contributed by atoms with van der Waals surface area (Å²) in [6.07, 6.45) is 0.409. The summed E-state index contributed by atoms with van der Waals surface area (Å²) >= 11 is 1.06. The molecule has 8 N–H and O–H groups in total. The van der Waals surface area contributed by atoms with E-state index in [4.69, 9.17) is 31.0 Å². The molecule has 1 aromatic heterocycles. The van der Waals surface area contributed by atoms with Crippen LogP contribution in [-0.4, -0.2) is 71.0 Å². The van der Waals surface area contributed by atoms with Crippen LogP contribution in [0.15, 0.2) is 34.8 Å². The Morgan fingerprint density at radius 1 is 1.33 bits per heavy atom. The quantitative estimate of drug-likeness (QED) is 0.0542. The van der Waals surface area contributed by atoms with Crippen molar-refractivity contribution in [3.05, 3.63) is 35.3 Å². The fourth-order valence-corrected chi connectivity index (χ4v) is 4.56. The minimum Gasteiger partial charge on any atom is -0.493 e. The molecule has 17 heteroatoms. The van der Waals surface area contributed by atoms with E-state index in [2.05, 4.69) is 20.8 Å². The molecular formula is C19H24N8O7S2. The Hall–Kier alpha value is -3.96. The average molecular weight is 541 g/mol. The van der Waals surface area contributed by atoms with Crippen molar-refractivity contribution in [1.82, 2.24) is 14.6 Å². The van der Waals surface area contributed by atoms with Crippen LogP contribution >= 0.6 is 11.3 Å². The molecule has 0 saturated carbocycles. The molecule has 15 nitrogen and oxygen atoms in total. The molecule has 36 heavy (non-hydrogen) atoms. The highest BCUT2D eigenvalue weighted by Crippen LogP contribution is 2.23. The summed E-state index contributed by atoms with van der Waals surface area (Å²) in [6.45, 7) is 1.71. The average Bonchev–Trinajstić information content (AvgIpc) is 3.22. The van der Waals surface area contributed by atoms with Crippen molar-refractivity contribution in [3.63, 3.8) is 0 Å². The van der Waals surface area contributed by atoms with Crippen LogP contribution in [-0.2, 0) is 24.7 Å². The second kappa shape index (κ2) is 11.2. The van der Waals surface area contributed by atoms with Gasteiger partial charge >= 0.3 is 10.3 Å². The number of carbonyl (C=O) groups excluding carboxylic acids is 2. The molecule has 2 heterocycles. The number of rotatable bonds is 11. The minimum absolute atomic E-state index is 0.0790. The zero-order chi connectivity index (χ0) is 26.5. The number of nitrogens with zero attached hydrogens (tertiary/aromatic N) is 3. The van der Waals surface area contributed by atoms with Gasteiger partial charge in [0.1, 0.15) is 24.1 Å². The van der Waals surface area contributed by atoms with Crippen LogP contribution in [0.1, 0.15) is 19.0 Å². The summed E-state index contributed by atoms with van der Waals surface area (Å²) in [5, 5.41) is 17.7. The van der Waals surface area contributed by atoms with E-state index in [1.807, 2.05) is 0 Å². The van der Waals surface area contributed by atoms with E-state index in [-0.39, 0.29) is 40.0 Å². The van der Waals surface area contributed by atoms with Gasteiger partial charge in [-0.15, -0.1) is 11.3 Å². The Morgan fingerprint density at radius 2 is 2.03 bits per heavy atom. The molecule has 1 fully saturated rings. The number of β-lactam (4-membered cyclic amide) rings is 1. The number of hydrogen-bond acceptors (Lipinski definition) is 11. The number of hydrogen-bond donors (Lipinski definition) is 6. The number of amides is 2. The number of benzene rings is 1. The number of nitrogens with two attached hydrogens (primary N) is 2. The lowest BCUT2D eigenvalue weighted by Crippen LogP contribution is -2.71. The molecule has 0 spiro atoms. The van der Waals surface area contributed by atoms with Gasteiger partial charge in [0.2, 0.25) is 0 Å². The van der Waals surface area contributed by atoms with E-state index in [0.717, 1.165) is 11.3 Å². The van der Waals surface area contributed by atoms with E-state index in [1.54, 1.807) is 24.3 Å². The number of guanidine groups is 1. The van der Waals surface area contributed by atoms with Gasteiger partial charge in [-0.1, -0.05) is 5.16 Å². The predicted octanol–water partition coefficient (Wildman–Crippen LogP) is -0.261. The lowest BCUT2D eigenvalue weighted by Gasteiger charge is -2.42. The molecular weight excluding hydrogens is 516 g/mol. The second-order valence-corrected chi connectivity index (χ2v) is 9.59. The van der Waals surface area contributed by atoms with Crippen molar-refractivity contribution in [2.45, 2.75) is 25.4 Å². The summed E-state index contributed by atoms with van der Waals surface area (Å²) in [7, 11) is -4.73. The zero-order valence-corrected chi connectivity index (χ0v) is 20.5. The number of ether oxygens (including phenoxy) is 1. The van der Waals surface area contributed by atoms with Crippen molar-refractivity contribution in [2.24, 2.45) is 10.9 Å². The van der Waals surface area contributed by atoms with Gasteiger partial charge < -0.3 is 31.7 Å². The zero-order valence-electron chi connectivity index (χ0n) is 18.9. The maximum absolute atomic E-state index is 12.8. The Morgan fingerprint density at radius 3 is 2.58 bits per heavy atom. The van der Waals surface area contributed by atoms with Crippen LogP contribution in [0, 0.1) is 5.41 Å². The molecule has 1 aliphatic heterocycles. The monoisotopic (exact) mass is 540 g/mol. The third-order valence-corrected chi connectivity index (χ3v) is 6.47. The van der Waals surface area contributed by atoms with Crippen LogP contribution < -0.4 is 26.8 Å². The number of oxime groups is 1.